The van der Waals surface area contributed by atoms with Crippen molar-refractivity contribution in [3.05, 3.63) is 35.4 Å². The summed E-state index contributed by atoms with van der Waals surface area (Å²) in [4.78, 5) is 0. The Hall–Kier alpha value is -2.88. The zero-order chi connectivity index (χ0) is 25.0. The predicted molar refractivity (Wildman–Crippen MR) is 128 cm³/mol. The van der Waals surface area contributed by atoms with E-state index < -0.39 is 5.91 Å². The summed E-state index contributed by atoms with van der Waals surface area (Å²) < 4.78 is 28.6. The summed E-state index contributed by atoms with van der Waals surface area (Å²) >= 11 is 0. The summed E-state index contributed by atoms with van der Waals surface area (Å²) in [6.45, 7) is 10.7. The van der Waals surface area contributed by atoms with E-state index in [-0.39, 0.29) is 36.0 Å². The molecule has 0 aromatic heterocycles. The second-order valence-corrected chi connectivity index (χ2v) is 7.89. The Morgan fingerprint density at radius 2 is 1.71 bits per heavy atom. The van der Waals surface area contributed by atoms with Crippen LogP contribution in [0.15, 0.2) is 24.3 Å². The molecule has 188 valence electrons. The number of phenols is 2. The van der Waals surface area contributed by atoms with Crippen molar-refractivity contribution in [3.63, 3.8) is 0 Å². The van der Waals surface area contributed by atoms with Crippen LogP contribution in [0.5, 0.6) is 34.5 Å². The third kappa shape index (κ3) is 4.31. The first kappa shape index (κ1) is 25.7. The molecule has 3 N–H and O–H groups in total. The minimum atomic E-state index is -1.06. The Kier molecular flexibility index (Phi) is 8.01. The topological polar surface area (TPSA) is 102 Å². The van der Waals surface area contributed by atoms with Crippen LogP contribution in [-0.4, -0.2) is 54.7 Å². The molecule has 0 spiro atoms. The fourth-order valence-electron chi connectivity index (χ4n) is 4.37. The number of hydrogen-bond donors (Lipinski definition) is 3. The third-order valence-electron chi connectivity index (χ3n) is 5.57. The van der Waals surface area contributed by atoms with Gasteiger partial charge in [0, 0.05) is 31.2 Å². The van der Waals surface area contributed by atoms with Crippen molar-refractivity contribution in [3.8, 4) is 34.5 Å². The van der Waals surface area contributed by atoms with Crippen LogP contribution in [0.2, 0.25) is 0 Å². The second-order valence-electron chi connectivity index (χ2n) is 7.89. The lowest BCUT2D eigenvalue weighted by molar-refractivity contribution is -0.345. The number of benzene rings is 2. The summed E-state index contributed by atoms with van der Waals surface area (Å²) in [5, 5.41) is 22.3. The molecule has 9 heteroatoms. The van der Waals surface area contributed by atoms with E-state index in [1.54, 1.807) is 12.1 Å². The Bertz CT molecular complexity index is 996. The Balaban J connectivity index is 0.000000603. The standard InChI is InChI=1S/C20H22N2O7.C3H8.C2H6/c1-4-28-20-19(22(2)21-20)17(10-5-12(23)18(24)16(6-10)25-3)11-7-14-15(27-9-26-14)8-13(11)29-20;1-3-2;1-2/h5-8,17,19,21,23-24H,4,9H2,1-3H3;3H2,1-2H3;1-2H3. The van der Waals surface area contributed by atoms with Gasteiger partial charge in [0.15, 0.2) is 23.0 Å². The van der Waals surface area contributed by atoms with Crippen LogP contribution >= 0.6 is 0 Å². The molecule has 5 rings (SSSR count). The van der Waals surface area contributed by atoms with Crippen molar-refractivity contribution in [1.82, 2.24) is 10.4 Å². The van der Waals surface area contributed by atoms with Gasteiger partial charge in [-0.15, -0.1) is 0 Å². The number of rotatable bonds is 4. The molecule has 1 saturated heterocycles. The number of phenolic OH excluding ortho intramolecular Hbond substituents is 2. The number of likely N-dealkylation sites (N-methyl/N-ethyl adjacent to an activating group) is 1. The van der Waals surface area contributed by atoms with Gasteiger partial charge in [-0.1, -0.05) is 34.1 Å². The maximum absolute atomic E-state index is 10.3. The SMILES string of the molecule is CC.CCC.CCOC12NN(C)C1C(c1cc(O)c(O)c(OC)c1)c1cc3c(cc1O2)OCO3. The fourth-order valence-corrected chi connectivity index (χ4v) is 4.37. The van der Waals surface area contributed by atoms with Gasteiger partial charge in [-0.2, -0.15) is 5.43 Å². The number of ether oxygens (including phenoxy) is 5. The highest BCUT2D eigenvalue weighted by Crippen LogP contribution is 2.54. The smallest absolute Gasteiger partial charge is 0.301 e. The molecule has 3 aliphatic heterocycles. The summed E-state index contributed by atoms with van der Waals surface area (Å²) in [6, 6.07) is 6.68. The van der Waals surface area contributed by atoms with Crippen molar-refractivity contribution >= 4 is 0 Å². The summed E-state index contributed by atoms with van der Waals surface area (Å²) in [5.74, 6) is 0.122. The predicted octanol–water partition coefficient (Wildman–Crippen LogP) is 4.31. The Labute approximate surface area is 201 Å². The molecule has 0 amide bonds. The molecule has 2 aromatic carbocycles. The number of aromatic hydroxyl groups is 2. The maximum Gasteiger partial charge on any atom is 0.301 e. The minimum Gasteiger partial charge on any atom is -0.504 e. The average molecular weight is 477 g/mol. The van der Waals surface area contributed by atoms with Crippen molar-refractivity contribution < 1.29 is 33.9 Å². The second kappa shape index (κ2) is 10.6. The molecule has 34 heavy (non-hydrogen) atoms. The summed E-state index contributed by atoms with van der Waals surface area (Å²) in [7, 11) is 3.34. The van der Waals surface area contributed by atoms with Gasteiger partial charge in [0.05, 0.1) is 7.11 Å². The van der Waals surface area contributed by atoms with Gasteiger partial charge in [0.1, 0.15) is 11.8 Å². The van der Waals surface area contributed by atoms with Crippen LogP contribution < -0.4 is 24.4 Å². The van der Waals surface area contributed by atoms with E-state index in [0.717, 1.165) is 11.1 Å². The monoisotopic (exact) mass is 476 g/mol. The molecule has 0 saturated carbocycles. The highest BCUT2D eigenvalue weighted by Gasteiger charge is 2.62. The highest BCUT2D eigenvalue weighted by molar-refractivity contribution is 5.60. The van der Waals surface area contributed by atoms with E-state index in [1.807, 2.05) is 38.9 Å². The number of fused-ring (bicyclic) bond motifs is 3. The molecule has 0 radical (unpaired) electrons. The van der Waals surface area contributed by atoms with E-state index in [2.05, 4.69) is 19.3 Å². The molecule has 3 atom stereocenters. The zero-order valence-corrected chi connectivity index (χ0v) is 21.0. The van der Waals surface area contributed by atoms with E-state index in [0.29, 0.717) is 23.9 Å². The number of hydrogen-bond acceptors (Lipinski definition) is 9. The molecule has 9 nitrogen and oxygen atoms in total. The molecular formula is C25H36N2O7. The van der Waals surface area contributed by atoms with Crippen LogP contribution in [0.3, 0.4) is 0 Å². The third-order valence-corrected chi connectivity index (χ3v) is 5.57. The van der Waals surface area contributed by atoms with Gasteiger partial charge in [0.25, 0.3) is 0 Å². The molecule has 3 unspecified atom stereocenters. The van der Waals surface area contributed by atoms with Gasteiger partial charge < -0.3 is 33.9 Å². The Morgan fingerprint density at radius 1 is 1.06 bits per heavy atom. The van der Waals surface area contributed by atoms with Crippen LogP contribution in [0.4, 0.5) is 0 Å². The molecular weight excluding hydrogens is 440 g/mol. The first-order valence-corrected chi connectivity index (χ1v) is 11.8. The van der Waals surface area contributed by atoms with Crippen LogP contribution in [0.25, 0.3) is 0 Å². The van der Waals surface area contributed by atoms with E-state index in [9.17, 15) is 10.2 Å². The van der Waals surface area contributed by atoms with Crippen molar-refractivity contribution in [1.29, 1.82) is 0 Å². The van der Waals surface area contributed by atoms with Gasteiger partial charge in [-0.05, 0) is 30.7 Å². The van der Waals surface area contributed by atoms with E-state index in [1.165, 1.54) is 19.6 Å². The van der Waals surface area contributed by atoms with E-state index in [4.69, 9.17) is 23.7 Å². The molecule has 3 aliphatic rings. The molecule has 3 heterocycles. The van der Waals surface area contributed by atoms with Gasteiger partial charge in [-0.3, -0.25) is 0 Å². The average Bonchev–Trinajstić information content (AvgIpc) is 3.27. The van der Waals surface area contributed by atoms with E-state index >= 15 is 0 Å². The maximum atomic E-state index is 10.3. The van der Waals surface area contributed by atoms with Crippen molar-refractivity contribution in [2.45, 2.75) is 58.9 Å². The summed E-state index contributed by atoms with van der Waals surface area (Å²) in [5.41, 5.74) is 4.79. The largest absolute Gasteiger partial charge is 0.504 e. The molecule has 0 bridgehead atoms. The fraction of sp³-hybridized carbons (Fsp3) is 0.520. The first-order valence-electron chi connectivity index (χ1n) is 11.8. The first-order chi connectivity index (χ1) is 16.4. The van der Waals surface area contributed by atoms with Crippen LogP contribution in [0.1, 0.15) is 58.1 Å². The lowest BCUT2D eigenvalue weighted by Gasteiger charge is -2.59. The highest BCUT2D eigenvalue weighted by atomic mass is 16.7. The number of methoxy groups -OCH3 is 1. The van der Waals surface area contributed by atoms with Crippen LogP contribution in [-0.2, 0) is 4.74 Å². The summed E-state index contributed by atoms with van der Waals surface area (Å²) in [6.07, 6.45) is 1.25. The number of nitrogens with one attached hydrogen (secondary N) is 1. The molecule has 1 fully saturated rings. The minimum absolute atomic E-state index is 0.148. The van der Waals surface area contributed by atoms with Gasteiger partial charge in [-0.25, -0.2) is 5.01 Å². The lowest BCUT2D eigenvalue weighted by atomic mass is 9.78. The Morgan fingerprint density at radius 3 is 2.29 bits per heavy atom. The van der Waals surface area contributed by atoms with Gasteiger partial charge >= 0.3 is 5.91 Å². The molecule has 2 aromatic rings. The molecule has 0 aliphatic carbocycles. The lowest BCUT2D eigenvalue weighted by Crippen LogP contribution is -2.83. The quantitative estimate of drug-likeness (QED) is 0.557. The van der Waals surface area contributed by atoms with Gasteiger partial charge in [0.2, 0.25) is 12.5 Å². The number of nitrogens with zero attached hydrogens (tertiary/aromatic N) is 1. The zero-order valence-electron chi connectivity index (χ0n) is 21.0. The van der Waals surface area contributed by atoms with Crippen molar-refractivity contribution in [2.24, 2.45) is 0 Å². The normalized spacial score (nSPS) is 23.6. The van der Waals surface area contributed by atoms with Crippen LogP contribution in [0, 0.1) is 0 Å². The number of hydrazine groups is 1. The van der Waals surface area contributed by atoms with Crippen molar-refractivity contribution in [2.75, 3.05) is 27.6 Å².